The monoisotopic (exact) mass is 251 g/mol. The van der Waals surface area contributed by atoms with Gasteiger partial charge in [-0.1, -0.05) is 0 Å². The van der Waals surface area contributed by atoms with Crippen LogP contribution < -0.4 is 5.32 Å². The predicted molar refractivity (Wildman–Crippen MR) is 63.1 cm³/mol. The van der Waals surface area contributed by atoms with Crippen LogP contribution in [0.25, 0.3) is 0 Å². The van der Waals surface area contributed by atoms with Crippen molar-refractivity contribution in [3.05, 3.63) is 34.6 Å². The predicted octanol–water partition coefficient (Wildman–Crippen LogP) is 1.72. The van der Waals surface area contributed by atoms with E-state index in [0.717, 1.165) is 11.3 Å². The van der Waals surface area contributed by atoms with Gasteiger partial charge >= 0.3 is 0 Å². The van der Waals surface area contributed by atoms with Crippen molar-refractivity contribution in [1.82, 2.24) is 20.2 Å². The number of nitrogens with zero attached hydrogens (tertiary/aromatic N) is 3. The van der Waals surface area contributed by atoms with Crippen LogP contribution in [0.4, 0.5) is 5.69 Å². The standard InChI is InChI=1S/C10H10ClN5O/c1-5-6(2)15-16-8(5)9(17)14-7-3-12-10(11)13-4-7/h3-4H,1-2H3,(H,14,17)(H,15,16). The molecule has 2 N–H and O–H groups in total. The number of hydrogen-bond acceptors (Lipinski definition) is 4. The van der Waals surface area contributed by atoms with E-state index in [-0.39, 0.29) is 11.2 Å². The van der Waals surface area contributed by atoms with Gasteiger partial charge in [0.15, 0.2) is 0 Å². The number of hydrogen-bond donors (Lipinski definition) is 2. The number of halogens is 1. The van der Waals surface area contributed by atoms with E-state index in [9.17, 15) is 4.79 Å². The van der Waals surface area contributed by atoms with Crippen LogP contribution >= 0.6 is 11.6 Å². The summed E-state index contributed by atoms with van der Waals surface area (Å²) in [6.07, 6.45) is 2.87. The summed E-state index contributed by atoms with van der Waals surface area (Å²) < 4.78 is 0. The van der Waals surface area contributed by atoms with E-state index in [0.29, 0.717) is 11.4 Å². The topological polar surface area (TPSA) is 83.6 Å². The summed E-state index contributed by atoms with van der Waals surface area (Å²) in [5, 5.41) is 9.41. The maximum Gasteiger partial charge on any atom is 0.274 e. The highest BCUT2D eigenvalue weighted by Crippen LogP contribution is 2.12. The van der Waals surface area contributed by atoms with E-state index < -0.39 is 0 Å². The summed E-state index contributed by atoms with van der Waals surface area (Å²) >= 11 is 5.54. The maximum atomic E-state index is 11.9. The first-order valence-corrected chi connectivity index (χ1v) is 5.26. The summed E-state index contributed by atoms with van der Waals surface area (Å²) in [6, 6.07) is 0. The number of H-pyrrole nitrogens is 1. The van der Waals surface area contributed by atoms with Gasteiger partial charge < -0.3 is 5.32 Å². The number of aromatic amines is 1. The molecule has 0 saturated heterocycles. The van der Waals surface area contributed by atoms with Crippen molar-refractivity contribution in [2.75, 3.05) is 5.32 Å². The summed E-state index contributed by atoms with van der Waals surface area (Å²) in [5.74, 6) is -0.283. The summed E-state index contributed by atoms with van der Waals surface area (Å²) in [7, 11) is 0. The second-order valence-corrected chi connectivity index (χ2v) is 3.84. The van der Waals surface area contributed by atoms with Gasteiger partial charge in [0.05, 0.1) is 23.8 Å². The third-order valence-electron chi connectivity index (χ3n) is 2.36. The largest absolute Gasteiger partial charge is 0.318 e. The fourth-order valence-electron chi connectivity index (χ4n) is 1.28. The number of anilines is 1. The zero-order valence-electron chi connectivity index (χ0n) is 9.28. The Labute approximate surface area is 102 Å². The molecule has 0 aliphatic heterocycles. The first-order valence-electron chi connectivity index (χ1n) is 4.88. The van der Waals surface area contributed by atoms with E-state index in [2.05, 4.69) is 25.5 Å². The molecule has 0 aliphatic carbocycles. The Balaban J connectivity index is 2.17. The Kier molecular flexibility index (Phi) is 3.06. The zero-order chi connectivity index (χ0) is 12.4. The van der Waals surface area contributed by atoms with Gasteiger partial charge in [0, 0.05) is 5.56 Å². The van der Waals surface area contributed by atoms with Crippen molar-refractivity contribution < 1.29 is 4.79 Å². The van der Waals surface area contributed by atoms with Crippen molar-refractivity contribution in [2.45, 2.75) is 13.8 Å². The molecule has 88 valence electrons. The fraction of sp³-hybridized carbons (Fsp3) is 0.200. The Morgan fingerprint density at radius 2 is 2.00 bits per heavy atom. The highest BCUT2D eigenvalue weighted by atomic mass is 35.5. The minimum Gasteiger partial charge on any atom is -0.318 e. The van der Waals surface area contributed by atoms with Crippen LogP contribution in [0.2, 0.25) is 5.28 Å². The minimum absolute atomic E-state index is 0.136. The Bertz CT molecular complexity index is 548. The highest BCUT2D eigenvalue weighted by molar-refractivity contribution is 6.28. The van der Waals surface area contributed by atoms with Crippen molar-refractivity contribution in [3.8, 4) is 0 Å². The number of amides is 1. The molecule has 0 bridgehead atoms. The average molecular weight is 252 g/mol. The summed E-state index contributed by atoms with van der Waals surface area (Å²) in [5.41, 5.74) is 2.52. The summed E-state index contributed by atoms with van der Waals surface area (Å²) in [4.78, 5) is 19.4. The Hall–Kier alpha value is -1.95. The number of aromatic nitrogens is 4. The molecule has 0 unspecified atom stereocenters. The molecule has 1 amide bonds. The van der Waals surface area contributed by atoms with Crippen LogP contribution in [-0.2, 0) is 0 Å². The molecule has 0 radical (unpaired) electrons. The second kappa shape index (κ2) is 4.50. The van der Waals surface area contributed by atoms with Gasteiger partial charge in [0.25, 0.3) is 5.91 Å². The summed E-state index contributed by atoms with van der Waals surface area (Å²) in [6.45, 7) is 3.65. The fourth-order valence-corrected chi connectivity index (χ4v) is 1.38. The SMILES string of the molecule is Cc1n[nH]c(C(=O)Nc2cnc(Cl)nc2)c1C. The van der Waals surface area contributed by atoms with Crippen LogP contribution in [0.1, 0.15) is 21.7 Å². The Morgan fingerprint density at radius 1 is 1.35 bits per heavy atom. The van der Waals surface area contributed by atoms with Crippen LogP contribution in [0.3, 0.4) is 0 Å². The number of nitrogens with one attached hydrogen (secondary N) is 2. The first-order chi connectivity index (χ1) is 8.08. The lowest BCUT2D eigenvalue weighted by Gasteiger charge is -2.03. The lowest BCUT2D eigenvalue weighted by molar-refractivity contribution is 0.102. The molecule has 0 fully saturated rings. The normalized spacial score (nSPS) is 10.3. The smallest absolute Gasteiger partial charge is 0.274 e. The molecule has 7 heteroatoms. The van der Waals surface area contributed by atoms with Crippen LogP contribution in [0.5, 0.6) is 0 Å². The number of carbonyl (C=O) groups is 1. The molecule has 0 aliphatic rings. The Morgan fingerprint density at radius 3 is 2.53 bits per heavy atom. The van der Waals surface area contributed by atoms with Gasteiger partial charge in [-0.3, -0.25) is 9.89 Å². The van der Waals surface area contributed by atoms with Gasteiger partial charge in [0.2, 0.25) is 5.28 Å². The third kappa shape index (κ3) is 2.42. The molecule has 2 aromatic heterocycles. The molecule has 2 heterocycles. The zero-order valence-corrected chi connectivity index (χ0v) is 10.0. The molecule has 17 heavy (non-hydrogen) atoms. The molecule has 0 aromatic carbocycles. The third-order valence-corrected chi connectivity index (χ3v) is 2.55. The molecular weight excluding hydrogens is 242 g/mol. The van der Waals surface area contributed by atoms with E-state index in [1.165, 1.54) is 12.4 Å². The minimum atomic E-state index is -0.283. The van der Waals surface area contributed by atoms with Gasteiger partial charge in [-0.2, -0.15) is 5.10 Å². The van der Waals surface area contributed by atoms with E-state index >= 15 is 0 Å². The van der Waals surface area contributed by atoms with E-state index in [1.54, 1.807) is 0 Å². The lowest BCUT2D eigenvalue weighted by Crippen LogP contribution is -2.14. The van der Waals surface area contributed by atoms with E-state index in [4.69, 9.17) is 11.6 Å². The number of rotatable bonds is 2. The molecule has 2 aromatic rings. The van der Waals surface area contributed by atoms with E-state index in [1.807, 2.05) is 13.8 Å². The van der Waals surface area contributed by atoms with Crippen LogP contribution in [0, 0.1) is 13.8 Å². The van der Waals surface area contributed by atoms with Gasteiger partial charge in [0.1, 0.15) is 5.69 Å². The first kappa shape index (κ1) is 11.5. The van der Waals surface area contributed by atoms with Crippen molar-refractivity contribution in [2.24, 2.45) is 0 Å². The molecule has 0 saturated carbocycles. The second-order valence-electron chi connectivity index (χ2n) is 3.50. The van der Waals surface area contributed by atoms with Crippen LogP contribution in [0.15, 0.2) is 12.4 Å². The van der Waals surface area contributed by atoms with Crippen molar-refractivity contribution in [1.29, 1.82) is 0 Å². The molecular formula is C10H10ClN5O. The van der Waals surface area contributed by atoms with Crippen molar-refractivity contribution in [3.63, 3.8) is 0 Å². The lowest BCUT2D eigenvalue weighted by atomic mass is 10.2. The maximum absolute atomic E-state index is 11.9. The molecule has 2 rings (SSSR count). The number of carbonyl (C=O) groups excluding carboxylic acids is 1. The average Bonchev–Trinajstić information content (AvgIpc) is 2.63. The van der Waals surface area contributed by atoms with Gasteiger partial charge in [-0.25, -0.2) is 9.97 Å². The highest BCUT2D eigenvalue weighted by Gasteiger charge is 2.13. The van der Waals surface area contributed by atoms with Crippen molar-refractivity contribution >= 4 is 23.2 Å². The van der Waals surface area contributed by atoms with Gasteiger partial charge in [-0.05, 0) is 25.4 Å². The van der Waals surface area contributed by atoms with Crippen LogP contribution in [-0.4, -0.2) is 26.1 Å². The molecule has 0 spiro atoms. The van der Waals surface area contributed by atoms with Gasteiger partial charge in [-0.15, -0.1) is 0 Å². The quantitative estimate of drug-likeness (QED) is 0.796. The molecule has 6 nitrogen and oxygen atoms in total. The molecule has 0 atom stereocenters. The number of aryl methyl sites for hydroxylation is 1.